The van der Waals surface area contributed by atoms with Crippen LogP contribution in [0.5, 0.6) is 0 Å². The normalized spacial score (nSPS) is 10.0. The second-order valence-electron chi connectivity index (χ2n) is 3.67. The molecule has 1 amide bonds. The standard InChI is InChI=1S/C12H19N3O2/c1-2-14-12(17)10-5-4-9(13)8-11(10)15-6-3-7-16/h4-5,8,15-16H,2-3,6-7,13H2,1H3,(H,14,17). The van der Waals surface area contributed by atoms with Gasteiger partial charge in [-0.05, 0) is 31.5 Å². The molecule has 0 bridgehead atoms. The molecule has 5 heteroatoms. The summed E-state index contributed by atoms with van der Waals surface area (Å²) < 4.78 is 0. The number of benzene rings is 1. The molecule has 0 spiro atoms. The predicted octanol–water partition coefficient (Wildman–Crippen LogP) is 0.813. The average Bonchev–Trinajstić information content (AvgIpc) is 2.30. The van der Waals surface area contributed by atoms with Gasteiger partial charge >= 0.3 is 0 Å². The summed E-state index contributed by atoms with van der Waals surface area (Å²) in [5, 5.41) is 14.6. The summed E-state index contributed by atoms with van der Waals surface area (Å²) in [5.41, 5.74) is 7.55. The first kappa shape index (κ1) is 13.3. The van der Waals surface area contributed by atoms with Crippen LogP contribution < -0.4 is 16.4 Å². The van der Waals surface area contributed by atoms with E-state index in [9.17, 15) is 4.79 Å². The van der Waals surface area contributed by atoms with Crippen LogP contribution in [0.2, 0.25) is 0 Å². The molecular formula is C12H19N3O2. The molecule has 0 atom stereocenters. The van der Waals surface area contributed by atoms with Crippen LogP contribution in [-0.4, -0.2) is 30.7 Å². The Hall–Kier alpha value is -1.75. The molecule has 0 saturated carbocycles. The molecule has 1 aromatic rings. The predicted molar refractivity (Wildman–Crippen MR) is 69.1 cm³/mol. The number of aliphatic hydroxyl groups is 1. The van der Waals surface area contributed by atoms with E-state index in [0.717, 1.165) is 0 Å². The van der Waals surface area contributed by atoms with E-state index in [0.29, 0.717) is 36.4 Å². The fraction of sp³-hybridized carbons (Fsp3) is 0.417. The van der Waals surface area contributed by atoms with Gasteiger partial charge in [0.2, 0.25) is 0 Å². The first-order valence-corrected chi connectivity index (χ1v) is 5.71. The number of nitrogens with two attached hydrogens (primary N) is 1. The quantitative estimate of drug-likeness (QED) is 0.435. The third-order valence-corrected chi connectivity index (χ3v) is 2.28. The zero-order valence-corrected chi connectivity index (χ0v) is 9.99. The molecule has 5 nitrogen and oxygen atoms in total. The molecule has 0 saturated heterocycles. The summed E-state index contributed by atoms with van der Waals surface area (Å²) in [6.07, 6.45) is 0.629. The molecule has 0 aliphatic heterocycles. The number of amides is 1. The van der Waals surface area contributed by atoms with Gasteiger partial charge in [0, 0.05) is 31.1 Å². The fourth-order valence-corrected chi connectivity index (χ4v) is 1.46. The molecule has 17 heavy (non-hydrogen) atoms. The van der Waals surface area contributed by atoms with E-state index in [1.54, 1.807) is 18.2 Å². The number of carbonyl (C=O) groups is 1. The van der Waals surface area contributed by atoms with E-state index in [1.807, 2.05) is 6.92 Å². The lowest BCUT2D eigenvalue weighted by atomic mass is 10.1. The van der Waals surface area contributed by atoms with E-state index >= 15 is 0 Å². The van der Waals surface area contributed by atoms with Gasteiger partial charge < -0.3 is 21.5 Å². The summed E-state index contributed by atoms with van der Waals surface area (Å²) in [7, 11) is 0. The topological polar surface area (TPSA) is 87.4 Å². The zero-order valence-electron chi connectivity index (χ0n) is 9.99. The van der Waals surface area contributed by atoms with Gasteiger partial charge in [-0.25, -0.2) is 0 Å². The largest absolute Gasteiger partial charge is 0.399 e. The summed E-state index contributed by atoms with van der Waals surface area (Å²) in [6.45, 7) is 3.17. The number of rotatable bonds is 6. The van der Waals surface area contributed by atoms with Crippen molar-refractivity contribution in [2.75, 3.05) is 30.7 Å². The first-order chi connectivity index (χ1) is 8.19. The van der Waals surface area contributed by atoms with Gasteiger partial charge in [0.1, 0.15) is 0 Å². The second-order valence-corrected chi connectivity index (χ2v) is 3.67. The number of hydrogen-bond donors (Lipinski definition) is 4. The summed E-state index contributed by atoms with van der Waals surface area (Å²) in [4.78, 5) is 11.8. The second kappa shape index (κ2) is 6.75. The fourth-order valence-electron chi connectivity index (χ4n) is 1.46. The van der Waals surface area contributed by atoms with Crippen LogP contribution in [0.1, 0.15) is 23.7 Å². The minimum atomic E-state index is -0.126. The lowest BCUT2D eigenvalue weighted by molar-refractivity contribution is 0.0956. The van der Waals surface area contributed by atoms with Crippen LogP contribution in [0.4, 0.5) is 11.4 Å². The monoisotopic (exact) mass is 237 g/mol. The highest BCUT2D eigenvalue weighted by Gasteiger charge is 2.10. The molecule has 0 heterocycles. The van der Waals surface area contributed by atoms with Crippen molar-refractivity contribution < 1.29 is 9.90 Å². The van der Waals surface area contributed by atoms with Crippen molar-refractivity contribution in [2.24, 2.45) is 0 Å². The third kappa shape index (κ3) is 3.96. The lowest BCUT2D eigenvalue weighted by Gasteiger charge is -2.12. The maximum absolute atomic E-state index is 11.8. The van der Waals surface area contributed by atoms with E-state index in [4.69, 9.17) is 10.8 Å². The minimum Gasteiger partial charge on any atom is -0.399 e. The van der Waals surface area contributed by atoms with E-state index < -0.39 is 0 Å². The number of nitrogen functional groups attached to an aromatic ring is 1. The summed E-state index contributed by atoms with van der Waals surface area (Å²) in [6, 6.07) is 5.12. The average molecular weight is 237 g/mol. The van der Waals surface area contributed by atoms with Gasteiger partial charge in [0.05, 0.1) is 5.56 Å². The maximum Gasteiger partial charge on any atom is 0.253 e. The van der Waals surface area contributed by atoms with Crippen LogP contribution >= 0.6 is 0 Å². The molecule has 0 aromatic heterocycles. The molecule has 0 aliphatic carbocycles. The van der Waals surface area contributed by atoms with Crippen molar-refractivity contribution in [1.29, 1.82) is 0 Å². The molecule has 94 valence electrons. The molecule has 0 aliphatic rings. The van der Waals surface area contributed by atoms with E-state index in [2.05, 4.69) is 10.6 Å². The Morgan fingerprint density at radius 2 is 2.24 bits per heavy atom. The van der Waals surface area contributed by atoms with Crippen molar-refractivity contribution in [3.8, 4) is 0 Å². The highest BCUT2D eigenvalue weighted by molar-refractivity contribution is 6.00. The molecular weight excluding hydrogens is 218 g/mol. The van der Waals surface area contributed by atoms with Crippen LogP contribution in [0.3, 0.4) is 0 Å². The Labute approximate surface area is 101 Å². The number of carbonyl (C=O) groups excluding carboxylic acids is 1. The summed E-state index contributed by atoms with van der Waals surface area (Å²) in [5.74, 6) is -0.126. The van der Waals surface area contributed by atoms with Crippen LogP contribution in [-0.2, 0) is 0 Å². The molecule has 5 N–H and O–H groups in total. The molecule has 1 rings (SSSR count). The van der Waals surface area contributed by atoms with Crippen molar-refractivity contribution in [2.45, 2.75) is 13.3 Å². The van der Waals surface area contributed by atoms with Crippen molar-refractivity contribution in [3.63, 3.8) is 0 Å². The van der Waals surface area contributed by atoms with Crippen molar-refractivity contribution in [1.82, 2.24) is 5.32 Å². The Morgan fingerprint density at radius 1 is 1.47 bits per heavy atom. The first-order valence-electron chi connectivity index (χ1n) is 5.71. The highest BCUT2D eigenvalue weighted by Crippen LogP contribution is 2.19. The molecule has 0 fully saturated rings. The number of hydrogen-bond acceptors (Lipinski definition) is 4. The van der Waals surface area contributed by atoms with Crippen LogP contribution in [0.15, 0.2) is 18.2 Å². The van der Waals surface area contributed by atoms with Gasteiger partial charge in [-0.3, -0.25) is 4.79 Å². The maximum atomic E-state index is 11.8. The lowest BCUT2D eigenvalue weighted by Crippen LogP contribution is -2.24. The van der Waals surface area contributed by atoms with Gasteiger partial charge in [-0.15, -0.1) is 0 Å². The SMILES string of the molecule is CCNC(=O)c1ccc(N)cc1NCCCO. The Morgan fingerprint density at radius 3 is 2.88 bits per heavy atom. The Kier molecular flexibility index (Phi) is 5.29. The number of nitrogens with one attached hydrogen (secondary N) is 2. The number of anilines is 2. The van der Waals surface area contributed by atoms with Gasteiger partial charge in [0.25, 0.3) is 5.91 Å². The van der Waals surface area contributed by atoms with Crippen LogP contribution in [0.25, 0.3) is 0 Å². The van der Waals surface area contributed by atoms with E-state index in [-0.39, 0.29) is 12.5 Å². The van der Waals surface area contributed by atoms with Gasteiger partial charge in [-0.2, -0.15) is 0 Å². The Balaban J connectivity index is 2.83. The molecule has 0 radical (unpaired) electrons. The van der Waals surface area contributed by atoms with Crippen molar-refractivity contribution >= 4 is 17.3 Å². The minimum absolute atomic E-state index is 0.117. The van der Waals surface area contributed by atoms with Gasteiger partial charge in [-0.1, -0.05) is 0 Å². The smallest absolute Gasteiger partial charge is 0.253 e. The molecule has 0 unspecified atom stereocenters. The van der Waals surface area contributed by atoms with Gasteiger partial charge in [0.15, 0.2) is 0 Å². The number of aliphatic hydroxyl groups excluding tert-OH is 1. The van der Waals surface area contributed by atoms with Crippen molar-refractivity contribution in [3.05, 3.63) is 23.8 Å². The third-order valence-electron chi connectivity index (χ3n) is 2.28. The molecule has 1 aromatic carbocycles. The zero-order chi connectivity index (χ0) is 12.7. The Bertz CT molecular complexity index is 380. The van der Waals surface area contributed by atoms with E-state index in [1.165, 1.54) is 0 Å². The summed E-state index contributed by atoms with van der Waals surface area (Å²) >= 11 is 0. The van der Waals surface area contributed by atoms with Crippen LogP contribution in [0, 0.1) is 0 Å². The highest BCUT2D eigenvalue weighted by atomic mass is 16.3.